The van der Waals surface area contributed by atoms with Crippen molar-refractivity contribution >= 4 is 23.4 Å². The average molecular weight is 576 g/mol. The van der Waals surface area contributed by atoms with Crippen molar-refractivity contribution in [2.75, 3.05) is 11.9 Å². The van der Waals surface area contributed by atoms with Gasteiger partial charge in [0.1, 0.15) is 12.1 Å². The standard InChI is InChI=1S/C20H14ClF6N3O.C2HF3O2/c21-15-7-11(4-5-14(15)20(25,26)27)16-8-18(30-10-29-16)28-9-17(31)12-2-1-3-13(6-12)19(22,23)24;3-2(4,5)1(6)7/h1-8,10,17,31H,9H2,(H,28,29,30);(H,6,7). The van der Waals surface area contributed by atoms with Gasteiger partial charge in [-0.3, -0.25) is 0 Å². The number of halogens is 10. The van der Waals surface area contributed by atoms with Crippen LogP contribution in [0.4, 0.5) is 45.3 Å². The molecule has 0 radical (unpaired) electrons. The number of benzene rings is 2. The lowest BCUT2D eigenvalue weighted by atomic mass is 10.1. The van der Waals surface area contributed by atoms with Crippen LogP contribution in [-0.2, 0) is 17.1 Å². The van der Waals surface area contributed by atoms with E-state index >= 15 is 0 Å². The number of rotatable bonds is 5. The Bertz CT molecular complexity index is 1270. The van der Waals surface area contributed by atoms with Crippen molar-refractivity contribution in [3.05, 3.63) is 76.6 Å². The van der Waals surface area contributed by atoms with E-state index in [0.29, 0.717) is 5.56 Å². The molecule has 206 valence electrons. The number of nitrogens with zero attached hydrogens (tertiary/aromatic N) is 2. The minimum Gasteiger partial charge on any atom is -0.475 e. The van der Waals surface area contributed by atoms with E-state index in [-0.39, 0.29) is 23.6 Å². The molecule has 0 bridgehead atoms. The molecular weight excluding hydrogens is 561 g/mol. The summed E-state index contributed by atoms with van der Waals surface area (Å²) in [6.45, 7) is -0.161. The fraction of sp³-hybridized carbons (Fsp3) is 0.227. The zero-order valence-corrected chi connectivity index (χ0v) is 19.2. The third kappa shape index (κ3) is 8.76. The first-order valence-electron chi connectivity index (χ1n) is 9.98. The molecule has 0 saturated carbocycles. The average Bonchev–Trinajstić information content (AvgIpc) is 2.81. The molecule has 0 fully saturated rings. The normalized spacial score (nSPS) is 12.8. The Kier molecular flexibility index (Phi) is 9.56. The Hall–Kier alpha value is -3.59. The van der Waals surface area contributed by atoms with Gasteiger partial charge in [-0.15, -0.1) is 0 Å². The number of aromatic nitrogens is 2. The zero-order chi connectivity index (χ0) is 28.9. The lowest BCUT2D eigenvalue weighted by Gasteiger charge is -2.15. The summed E-state index contributed by atoms with van der Waals surface area (Å²) in [5, 5.41) is 19.6. The molecule has 3 aromatic rings. The Labute approximate surface area is 212 Å². The van der Waals surface area contributed by atoms with Gasteiger partial charge in [-0.1, -0.05) is 29.8 Å². The van der Waals surface area contributed by atoms with Gasteiger partial charge in [0.05, 0.1) is 27.9 Å². The van der Waals surface area contributed by atoms with E-state index in [4.69, 9.17) is 21.5 Å². The zero-order valence-electron chi connectivity index (χ0n) is 18.5. The van der Waals surface area contributed by atoms with Crippen molar-refractivity contribution in [1.82, 2.24) is 9.97 Å². The van der Waals surface area contributed by atoms with Crippen LogP contribution in [0.5, 0.6) is 0 Å². The minimum atomic E-state index is -5.08. The summed E-state index contributed by atoms with van der Waals surface area (Å²) >= 11 is 5.73. The first kappa shape index (κ1) is 30.6. The van der Waals surface area contributed by atoms with Gasteiger partial charge in [0, 0.05) is 18.2 Å². The molecule has 0 aliphatic carbocycles. The molecule has 1 heterocycles. The minimum absolute atomic E-state index is 0.0612. The lowest BCUT2D eigenvalue weighted by molar-refractivity contribution is -0.192. The van der Waals surface area contributed by atoms with E-state index in [1.165, 1.54) is 24.3 Å². The number of hydrogen-bond donors (Lipinski definition) is 3. The van der Waals surface area contributed by atoms with Gasteiger partial charge in [0.2, 0.25) is 0 Å². The highest BCUT2D eigenvalue weighted by atomic mass is 35.5. The molecule has 16 heteroatoms. The number of carboxylic acid groups (broad SMARTS) is 1. The van der Waals surface area contributed by atoms with Crippen LogP contribution in [0.25, 0.3) is 11.3 Å². The molecule has 0 saturated heterocycles. The maximum absolute atomic E-state index is 12.8. The number of carbonyl (C=O) groups is 1. The highest BCUT2D eigenvalue weighted by Gasteiger charge is 2.38. The molecule has 1 atom stereocenters. The monoisotopic (exact) mass is 575 g/mol. The van der Waals surface area contributed by atoms with E-state index in [1.54, 1.807) is 0 Å². The van der Waals surface area contributed by atoms with E-state index in [2.05, 4.69) is 15.3 Å². The van der Waals surface area contributed by atoms with Gasteiger partial charge in [0.15, 0.2) is 0 Å². The number of aliphatic hydroxyl groups excluding tert-OH is 1. The Balaban J connectivity index is 0.000000638. The third-order valence-electron chi connectivity index (χ3n) is 4.56. The number of alkyl halides is 9. The summed E-state index contributed by atoms with van der Waals surface area (Å²) in [7, 11) is 0. The van der Waals surface area contributed by atoms with Gasteiger partial charge in [-0.05, 0) is 29.8 Å². The SMILES string of the molecule is O=C(O)C(F)(F)F.OC(CNc1cc(-c2ccc(C(F)(F)F)c(Cl)c2)ncn1)c1cccc(C(F)(F)F)c1. The van der Waals surface area contributed by atoms with Crippen molar-refractivity contribution in [2.24, 2.45) is 0 Å². The second kappa shape index (κ2) is 11.9. The number of nitrogens with one attached hydrogen (secondary N) is 1. The molecule has 0 aliphatic heterocycles. The maximum Gasteiger partial charge on any atom is 0.490 e. The largest absolute Gasteiger partial charge is 0.490 e. The summed E-state index contributed by atoms with van der Waals surface area (Å²) in [6, 6.07) is 8.88. The summed E-state index contributed by atoms with van der Waals surface area (Å²) < 4.78 is 109. The molecular formula is C22H15ClF9N3O3. The summed E-state index contributed by atoms with van der Waals surface area (Å²) in [5.74, 6) is -2.54. The number of carboxylic acids is 1. The van der Waals surface area contributed by atoms with Crippen LogP contribution < -0.4 is 5.32 Å². The predicted octanol–water partition coefficient (Wildman–Crippen LogP) is 6.61. The van der Waals surface area contributed by atoms with E-state index in [9.17, 15) is 44.6 Å². The van der Waals surface area contributed by atoms with Crippen LogP contribution in [0.3, 0.4) is 0 Å². The van der Waals surface area contributed by atoms with Crippen LogP contribution in [0, 0.1) is 0 Å². The molecule has 2 aromatic carbocycles. The lowest BCUT2D eigenvalue weighted by Crippen LogP contribution is -2.21. The Morgan fingerprint density at radius 2 is 1.55 bits per heavy atom. The third-order valence-corrected chi connectivity index (χ3v) is 4.87. The Morgan fingerprint density at radius 3 is 2.08 bits per heavy atom. The number of anilines is 1. The quantitative estimate of drug-likeness (QED) is 0.296. The van der Waals surface area contributed by atoms with Crippen LogP contribution in [0.1, 0.15) is 22.8 Å². The molecule has 0 amide bonds. The molecule has 3 N–H and O–H groups in total. The summed E-state index contributed by atoms with van der Waals surface area (Å²) in [6.07, 6.45) is -14.3. The van der Waals surface area contributed by atoms with Crippen LogP contribution >= 0.6 is 11.6 Å². The van der Waals surface area contributed by atoms with Crippen molar-refractivity contribution < 1.29 is 54.5 Å². The molecule has 1 unspecified atom stereocenters. The van der Waals surface area contributed by atoms with Crippen molar-refractivity contribution in [3.63, 3.8) is 0 Å². The van der Waals surface area contributed by atoms with E-state index < -0.39 is 46.8 Å². The highest BCUT2D eigenvalue weighted by Crippen LogP contribution is 2.36. The maximum atomic E-state index is 12.8. The van der Waals surface area contributed by atoms with Crippen molar-refractivity contribution in [3.8, 4) is 11.3 Å². The Morgan fingerprint density at radius 1 is 0.921 bits per heavy atom. The van der Waals surface area contributed by atoms with Gasteiger partial charge in [0.25, 0.3) is 0 Å². The fourth-order valence-corrected chi connectivity index (χ4v) is 3.05. The molecule has 3 rings (SSSR count). The summed E-state index contributed by atoms with van der Waals surface area (Å²) in [5.41, 5.74) is -1.23. The molecule has 38 heavy (non-hydrogen) atoms. The molecule has 1 aromatic heterocycles. The second-order valence-corrected chi connectivity index (χ2v) is 7.71. The van der Waals surface area contributed by atoms with Gasteiger partial charge in [-0.25, -0.2) is 14.8 Å². The number of hydrogen-bond acceptors (Lipinski definition) is 5. The van der Waals surface area contributed by atoms with Crippen LogP contribution in [0.15, 0.2) is 54.9 Å². The first-order valence-corrected chi connectivity index (χ1v) is 10.4. The van der Waals surface area contributed by atoms with Crippen molar-refractivity contribution in [1.29, 1.82) is 0 Å². The number of aliphatic hydroxyl groups is 1. The topological polar surface area (TPSA) is 95.3 Å². The first-order chi connectivity index (χ1) is 17.4. The van der Waals surface area contributed by atoms with Crippen molar-refractivity contribution in [2.45, 2.75) is 24.6 Å². The van der Waals surface area contributed by atoms with Crippen LogP contribution in [0.2, 0.25) is 5.02 Å². The second-order valence-electron chi connectivity index (χ2n) is 7.30. The summed E-state index contributed by atoms with van der Waals surface area (Å²) in [4.78, 5) is 16.8. The molecule has 6 nitrogen and oxygen atoms in total. The molecule has 0 aliphatic rings. The number of aliphatic carboxylic acids is 1. The van der Waals surface area contributed by atoms with E-state index in [0.717, 1.165) is 30.6 Å². The predicted molar refractivity (Wildman–Crippen MR) is 116 cm³/mol. The van der Waals surface area contributed by atoms with Crippen LogP contribution in [-0.4, -0.2) is 38.9 Å². The fourth-order valence-electron chi connectivity index (χ4n) is 2.76. The van der Waals surface area contributed by atoms with E-state index in [1.807, 2.05) is 0 Å². The molecule has 0 spiro atoms. The highest BCUT2D eigenvalue weighted by molar-refractivity contribution is 6.31. The van der Waals surface area contributed by atoms with Gasteiger partial charge in [-0.2, -0.15) is 39.5 Å². The van der Waals surface area contributed by atoms with Gasteiger partial charge >= 0.3 is 24.5 Å². The van der Waals surface area contributed by atoms with Gasteiger partial charge < -0.3 is 15.5 Å². The smallest absolute Gasteiger partial charge is 0.475 e.